The molecule has 0 spiro atoms. The molecule has 2 atom stereocenters. The van der Waals surface area contributed by atoms with E-state index in [2.05, 4.69) is 15.3 Å². The first kappa shape index (κ1) is 15.9. The third-order valence-electron chi connectivity index (χ3n) is 3.70. The Kier molecular flexibility index (Phi) is 3.68. The largest absolute Gasteiger partial charge is 0.464 e. The standard InChI is InChI=1S/C13H9ClN4O6/c1-24-13(21)10-8-9(15-16-10)12(20)17(11(8)19)5-2-3-6(14)7(4-5)18(22)23/h2-4,8-9,15H,1H3/t8-,9+/m0/s1. The van der Waals surface area contributed by atoms with Gasteiger partial charge in [0.05, 0.1) is 17.7 Å². The molecule has 1 aromatic rings. The number of fused-ring (bicyclic) bond motifs is 1. The number of hydrogen-bond donors (Lipinski definition) is 1. The predicted octanol–water partition coefficient (Wildman–Crippen LogP) is 0.238. The Hall–Kier alpha value is -3.01. The number of carbonyl (C=O) groups excluding carboxylic acids is 3. The molecule has 2 heterocycles. The van der Waals surface area contributed by atoms with Gasteiger partial charge in [-0.1, -0.05) is 11.6 Å². The number of ether oxygens (including phenoxy) is 1. The molecule has 124 valence electrons. The fraction of sp³-hybridized carbons (Fsp3) is 0.231. The van der Waals surface area contributed by atoms with E-state index in [0.29, 0.717) is 0 Å². The molecule has 0 unspecified atom stereocenters. The highest BCUT2D eigenvalue weighted by Crippen LogP contribution is 2.34. The quantitative estimate of drug-likeness (QED) is 0.356. The third kappa shape index (κ3) is 2.19. The number of nitrogens with zero attached hydrogens (tertiary/aromatic N) is 3. The molecule has 0 aliphatic carbocycles. The Balaban J connectivity index is 2.00. The maximum absolute atomic E-state index is 12.6. The van der Waals surface area contributed by atoms with Gasteiger partial charge in [0.15, 0.2) is 5.71 Å². The first-order chi connectivity index (χ1) is 11.4. The zero-order chi connectivity index (χ0) is 17.6. The number of rotatable bonds is 3. The number of carbonyl (C=O) groups is 3. The van der Waals surface area contributed by atoms with Gasteiger partial charge in [-0.2, -0.15) is 5.10 Å². The zero-order valence-electron chi connectivity index (χ0n) is 12.1. The van der Waals surface area contributed by atoms with E-state index in [4.69, 9.17) is 11.6 Å². The Morgan fingerprint density at radius 3 is 2.75 bits per heavy atom. The second kappa shape index (κ2) is 5.57. The van der Waals surface area contributed by atoms with E-state index in [1.54, 1.807) is 0 Å². The van der Waals surface area contributed by atoms with E-state index in [9.17, 15) is 24.5 Å². The van der Waals surface area contributed by atoms with Crippen molar-refractivity contribution in [3.8, 4) is 0 Å². The van der Waals surface area contributed by atoms with Gasteiger partial charge in [0.25, 0.3) is 11.6 Å². The number of amides is 2. The lowest BCUT2D eigenvalue weighted by Crippen LogP contribution is -2.36. The Bertz CT molecular complexity index is 823. The summed E-state index contributed by atoms with van der Waals surface area (Å²) >= 11 is 5.73. The van der Waals surface area contributed by atoms with Crippen molar-refractivity contribution >= 4 is 46.5 Å². The third-order valence-corrected chi connectivity index (χ3v) is 4.02. The fourth-order valence-electron chi connectivity index (χ4n) is 2.60. The minimum absolute atomic E-state index is 0.0125. The summed E-state index contributed by atoms with van der Waals surface area (Å²) in [4.78, 5) is 47.7. The van der Waals surface area contributed by atoms with Crippen LogP contribution in [0.3, 0.4) is 0 Å². The summed E-state index contributed by atoms with van der Waals surface area (Å²) in [5.74, 6) is -3.38. The van der Waals surface area contributed by atoms with Gasteiger partial charge >= 0.3 is 5.97 Å². The minimum Gasteiger partial charge on any atom is -0.464 e. The summed E-state index contributed by atoms with van der Waals surface area (Å²) in [5, 5.41) is 14.5. The molecule has 0 radical (unpaired) electrons. The van der Waals surface area contributed by atoms with Gasteiger partial charge in [-0.25, -0.2) is 9.69 Å². The maximum atomic E-state index is 12.6. The molecule has 3 rings (SSSR count). The van der Waals surface area contributed by atoms with Crippen molar-refractivity contribution in [3.63, 3.8) is 0 Å². The normalized spacial score (nSPS) is 22.1. The summed E-state index contributed by atoms with van der Waals surface area (Å²) in [6.45, 7) is 0. The van der Waals surface area contributed by atoms with Crippen LogP contribution in [0, 0.1) is 16.0 Å². The summed E-state index contributed by atoms with van der Waals surface area (Å²) in [5.41, 5.74) is 1.76. The first-order valence-electron chi connectivity index (χ1n) is 6.60. The van der Waals surface area contributed by atoms with Crippen LogP contribution in [0.1, 0.15) is 0 Å². The van der Waals surface area contributed by atoms with Crippen LogP contribution in [0.15, 0.2) is 23.3 Å². The number of imide groups is 1. The molecule has 0 bridgehead atoms. The minimum atomic E-state index is -1.14. The first-order valence-corrected chi connectivity index (χ1v) is 6.97. The van der Waals surface area contributed by atoms with E-state index >= 15 is 0 Å². The molecule has 1 saturated heterocycles. The van der Waals surface area contributed by atoms with E-state index in [1.165, 1.54) is 12.1 Å². The van der Waals surface area contributed by atoms with Crippen LogP contribution in [-0.2, 0) is 19.1 Å². The number of anilines is 1. The number of nitro groups is 1. The maximum Gasteiger partial charge on any atom is 0.355 e. The average molecular weight is 353 g/mol. The van der Waals surface area contributed by atoms with Crippen LogP contribution in [-0.4, -0.2) is 41.6 Å². The van der Waals surface area contributed by atoms with Crippen molar-refractivity contribution in [2.24, 2.45) is 11.0 Å². The lowest BCUT2D eigenvalue weighted by atomic mass is 9.99. The van der Waals surface area contributed by atoms with Crippen LogP contribution in [0.5, 0.6) is 0 Å². The van der Waals surface area contributed by atoms with Crippen LogP contribution in [0.4, 0.5) is 11.4 Å². The van der Waals surface area contributed by atoms with Crippen molar-refractivity contribution in [2.75, 3.05) is 12.0 Å². The number of nitro benzene ring substituents is 1. The molecule has 11 heteroatoms. The number of methoxy groups -OCH3 is 1. The van der Waals surface area contributed by atoms with Crippen molar-refractivity contribution in [3.05, 3.63) is 33.3 Å². The number of halogens is 1. The van der Waals surface area contributed by atoms with Gasteiger partial charge in [0.2, 0.25) is 5.91 Å². The number of hydrazone groups is 1. The lowest BCUT2D eigenvalue weighted by molar-refractivity contribution is -0.384. The molecule has 0 saturated carbocycles. The van der Waals surface area contributed by atoms with E-state index in [1.807, 2.05) is 0 Å². The summed E-state index contributed by atoms with van der Waals surface area (Å²) in [6, 6.07) is 2.49. The smallest absolute Gasteiger partial charge is 0.355 e. The zero-order valence-corrected chi connectivity index (χ0v) is 12.8. The monoisotopic (exact) mass is 352 g/mol. The molecule has 1 fully saturated rings. The van der Waals surface area contributed by atoms with Gasteiger partial charge in [-0.05, 0) is 12.1 Å². The molecule has 1 aromatic carbocycles. The number of benzene rings is 1. The molecular formula is C13H9ClN4O6. The fourth-order valence-corrected chi connectivity index (χ4v) is 2.78. The highest BCUT2D eigenvalue weighted by molar-refractivity contribution is 6.46. The lowest BCUT2D eigenvalue weighted by Gasteiger charge is -2.15. The SMILES string of the molecule is COC(=O)C1=NN[C@H]2C(=O)N(c3ccc(Cl)c([N+](=O)[O-])c3)C(=O)[C@H]12. The molecule has 24 heavy (non-hydrogen) atoms. The topological polar surface area (TPSA) is 131 Å². The highest BCUT2D eigenvalue weighted by atomic mass is 35.5. The van der Waals surface area contributed by atoms with Crippen molar-refractivity contribution in [1.29, 1.82) is 0 Å². The van der Waals surface area contributed by atoms with Gasteiger partial charge in [-0.3, -0.25) is 25.1 Å². The van der Waals surface area contributed by atoms with Crippen LogP contribution in [0.2, 0.25) is 5.02 Å². The van der Waals surface area contributed by atoms with Crippen molar-refractivity contribution in [1.82, 2.24) is 5.43 Å². The van der Waals surface area contributed by atoms with E-state index in [0.717, 1.165) is 18.1 Å². The highest BCUT2D eigenvalue weighted by Gasteiger charge is 2.55. The molecule has 1 N–H and O–H groups in total. The molecule has 2 aliphatic rings. The van der Waals surface area contributed by atoms with Crippen LogP contribution < -0.4 is 10.3 Å². The molecule has 2 aliphatic heterocycles. The molecular weight excluding hydrogens is 344 g/mol. The van der Waals surface area contributed by atoms with E-state index < -0.39 is 40.4 Å². The number of hydrogen-bond acceptors (Lipinski definition) is 8. The van der Waals surface area contributed by atoms with Crippen LogP contribution >= 0.6 is 11.6 Å². The predicted molar refractivity (Wildman–Crippen MR) is 80.5 cm³/mol. The number of nitrogens with one attached hydrogen (secondary N) is 1. The molecule has 10 nitrogen and oxygen atoms in total. The Morgan fingerprint density at radius 1 is 1.42 bits per heavy atom. The Labute approximate surface area is 139 Å². The van der Waals surface area contributed by atoms with Gasteiger partial charge < -0.3 is 4.74 Å². The van der Waals surface area contributed by atoms with Crippen molar-refractivity contribution in [2.45, 2.75) is 6.04 Å². The second-order valence-corrected chi connectivity index (χ2v) is 5.38. The molecule has 0 aromatic heterocycles. The Morgan fingerprint density at radius 2 is 2.12 bits per heavy atom. The van der Waals surface area contributed by atoms with Gasteiger partial charge in [0.1, 0.15) is 17.0 Å². The summed E-state index contributed by atoms with van der Waals surface area (Å²) < 4.78 is 4.53. The average Bonchev–Trinajstić information content (AvgIpc) is 3.08. The van der Waals surface area contributed by atoms with Crippen LogP contribution in [0.25, 0.3) is 0 Å². The van der Waals surface area contributed by atoms with Gasteiger partial charge in [-0.15, -0.1) is 0 Å². The van der Waals surface area contributed by atoms with Gasteiger partial charge in [0, 0.05) is 6.07 Å². The number of esters is 1. The summed E-state index contributed by atoms with van der Waals surface area (Å²) in [7, 11) is 1.12. The van der Waals surface area contributed by atoms with E-state index in [-0.39, 0.29) is 16.4 Å². The second-order valence-electron chi connectivity index (χ2n) is 4.98. The summed E-state index contributed by atoms with van der Waals surface area (Å²) in [6.07, 6.45) is 0. The molecule has 2 amide bonds. The van der Waals surface area contributed by atoms with Crippen molar-refractivity contribution < 1.29 is 24.0 Å².